The third-order valence-electron chi connectivity index (χ3n) is 5.77. The summed E-state index contributed by atoms with van der Waals surface area (Å²) in [6.45, 7) is 5.07. The molecule has 0 bridgehead atoms. The third kappa shape index (κ3) is 3.25. The first-order valence-corrected chi connectivity index (χ1v) is 9.82. The number of nitrogens with zero attached hydrogens (tertiary/aromatic N) is 2. The van der Waals surface area contributed by atoms with Crippen LogP contribution in [0.3, 0.4) is 0 Å². The number of hydrogen-bond donors (Lipinski definition) is 1. The lowest BCUT2D eigenvalue weighted by atomic mass is 9.96. The van der Waals surface area contributed by atoms with Crippen molar-refractivity contribution in [1.29, 1.82) is 0 Å². The minimum Gasteiger partial charge on any atom is -0.442 e. The van der Waals surface area contributed by atoms with Gasteiger partial charge in [-0.3, -0.25) is 14.5 Å². The van der Waals surface area contributed by atoms with Crippen LogP contribution in [0.4, 0.5) is 10.5 Å². The molecule has 2 atom stereocenters. The molecule has 7 nitrogen and oxygen atoms in total. The molecule has 148 valence electrons. The second kappa shape index (κ2) is 7.30. The number of ether oxygens (including phenoxy) is 1. The van der Waals surface area contributed by atoms with Crippen LogP contribution in [0.25, 0.3) is 5.57 Å². The topological polar surface area (TPSA) is 79.0 Å². The number of rotatable bonds is 4. The van der Waals surface area contributed by atoms with Crippen LogP contribution >= 0.6 is 0 Å². The van der Waals surface area contributed by atoms with Crippen LogP contribution in [0.2, 0.25) is 0 Å². The van der Waals surface area contributed by atoms with Gasteiger partial charge in [0.05, 0.1) is 18.3 Å². The van der Waals surface area contributed by atoms with Gasteiger partial charge in [-0.1, -0.05) is 19.1 Å². The van der Waals surface area contributed by atoms with Gasteiger partial charge in [-0.2, -0.15) is 0 Å². The molecule has 3 amide bonds. The number of nitrogens with one attached hydrogen (secondary N) is 1. The Morgan fingerprint density at radius 1 is 1.32 bits per heavy atom. The molecule has 7 heteroatoms. The van der Waals surface area contributed by atoms with E-state index in [4.69, 9.17) is 4.74 Å². The van der Waals surface area contributed by atoms with E-state index >= 15 is 0 Å². The zero-order chi connectivity index (χ0) is 19.8. The van der Waals surface area contributed by atoms with Crippen LogP contribution in [0.5, 0.6) is 0 Å². The van der Waals surface area contributed by atoms with Crippen molar-refractivity contribution in [3.8, 4) is 0 Å². The maximum Gasteiger partial charge on any atom is 0.415 e. The second-order valence-electron chi connectivity index (χ2n) is 7.52. The van der Waals surface area contributed by atoms with Gasteiger partial charge in [0.15, 0.2) is 0 Å². The quantitative estimate of drug-likeness (QED) is 0.864. The predicted molar refractivity (Wildman–Crippen MR) is 105 cm³/mol. The van der Waals surface area contributed by atoms with E-state index in [-0.39, 0.29) is 30.1 Å². The van der Waals surface area contributed by atoms with Crippen LogP contribution in [-0.2, 0) is 20.7 Å². The summed E-state index contributed by atoms with van der Waals surface area (Å²) in [4.78, 5) is 39.0. The average Bonchev–Trinajstić information content (AvgIpc) is 3.22. The Bertz CT molecular complexity index is 863. The highest BCUT2D eigenvalue weighted by atomic mass is 16.6. The summed E-state index contributed by atoms with van der Waals surface area (Å²) in [5, 5.41) is 2.74. The fourth-order valence-electron chi connectivity index (χ4n) is 4.28. The summed E-state index contributed by atoms with van der Waals surface area (Å²) in [6, 6.07) is 6.10. The van der Waals surface area contributed by atoms with Gasteiger partial charge >= 0.3 is 6.09 Å². The molecule has 0 aliphatic carbocycles. The van der Waals surface area contributed by atoms with Gasteiger partial charge in [-0.15, -0.1) is 0 Å². The Kier molecular flexibility index (Phi) is 4.83. The molecule has 0 aromatic heterocycles. The number of carbonyl (C=O) groups is 3. The molecule has 3 aliphatic rings. The number of fused-ring (bicyclic) bond motifs is 3. The van der Waals surface area contributed by atoms with Gasteiger partial charge in [0.1, 0.15) is 6.10 Å². The van der Waals surface area contributed by atoms with Crippen molar-refractivity contribution in [3.05, 3.63) is 35.4 Å². The Morgan fingerprint density at radius 3 is 2.82 bits per heavy atom. The van der Waals surface area contributed by atoms with Crippen molar-refractivity contribution in [3.63, 3.8) is 0 Å². The van der Waals surface area contributed by atoms with Crippen LogP contribution < -0.4 is 10.2 Å². The number of benzene rings is 1. The van der Waals surface area contributed by atoms with Crippen molar-refractivity contribution in [2.24, 2.45) is 0 Å². The van der Waals surface area contributed by atoms with E-state index in [0.717, 1.165) is 29.8 Å². The molecule has 4 rings (SSSR count). The molecule has 0 spiro atoms. The lowest BCUT2D eigenvalue weighted by molar-refractivity contribution is -0.130. The van der Waals surface area contributed by atoms with Gasteiger partial charge in [0, 0.05) is 26.4 Å². The Balaban J connectivity index is 1.51. The van der Waals surface area contributed by atoms with E-state index in [9.17, 15) is 14.4 Å². The Hall–Kier alpha value is -2.83. The molecule has 0 unspecified atom stereocenters. The molecule has 3 heterocycles. The molecule has 1 aromatic rings. The molecule has 0 radical (unpaired) electrons. The van der Waals surface area contributed by atoms with E-state index in [2.05, 4.69) is 17.5 Å². The van der Waals surface area contributed by atoms with Gasteiger partial charge in [0.2, 0.25) is 11.8 Å². The number of amides is 3. The van der Waals surface area contributed by atoms with Crippen LogP contribution in [0.15, 0.2) is 24.3 Å². The summed E-state index contributed by atoms with van der Waals surface area (Å²) < 4.78 is 5.45. The van der Waals surface area contributed by atoms with Crippen molar-refractivity contribution in [1.82, 2.24) is 10.2 Å². The monoisotopic (exact) mass is 383 g/mol. The van der Waals surface area contributed by atoms with Crippen LogP contribution in [0.1, 0.15) is 37.8 Å². The second-order valence-corrected chi connectivity index (χ2v) is 7.52. The predicted octanol–water partition coefficient (Wildman–Crippen LogP) is 2.10. The Morgan fingerprint density at radius 2 is 2.14 bits per heavy atom. The third-order valence-corrected chi connectivity index (χ3v) is 5.77. The van der Waals surface area contributed by atoms with Crippen molar-refractivity contribution < 1.29 is 19.1 Å². The first kappa shape index (κ1) is 18.5. The molecule has 1 fully saturated rings. The molecular formula is C21H25N3O4. The minimum absolute atomic E-state index is 0.0809. The zero-order valence-electron chi connectivity index (χ0n) is 16.2. The standard InChI is InChI=1S/C21H25N3O4/c1-3-20(26)23-8-6-14(7-9-23)15-4-5-17-16(10-15)11-18-19(12-22-13(2)25)28-21(27)24(17)18/h4-6,10,18-19H,3,7-9,11-12H2,1-2H3,(H,22,25)/t18-,19-/m0/s1. The zero-order valence-corrected chi connectivity index (χ0v) is 16.2. The molecule has 1 aromatic carbocycles. The number of hydrogen-bond acceptors (Lipinski definition) is 4. The molecule has 28 heavy (non-hydrogen) atoms. The first-order valence-electron chi connectivity index (χ1n) is 9.82. The minimum atomic E-state index is -0.350. The molecule has 1 saturated heterocycles. The highest BCUT2D eigenvalue weighted by Crippen LogP contribution is 2.40. The number of anilines is 1. The van der Waals surface area contributed by atoms with E-state index < -0.39 is 0 Å². The van der Waals surface area contributed by atoms with Crippen LogP contribution in [-0.4, -0.2) is 54.6 Å². The molecule has 0 saturated carbocycles. The normalized spacial score (nSPS) is 23.1. The Labute approximate surface area is 164 Å². The van der Waals surface area contributed by atoms with E-state index in [1.54, 1.807) is 4.90 Å². The van der Waals surface area contributed by atoms with Crippen molar-refractivity contribution in [2.75, 3.05) is 24.5 Å². The lowest BCUT2D eigenvalue weighted by Crippen LogP contribution is -2.40. The molecule has 3 aliphatic heterocycles. The van der Waals surface area contributed by atoms with Crippen molar-refractivity contribution >= 4 is 29.2 Å². The fraction of sp³-hybridized carbons (Fsp3) is 0.476. The summed E-state index contributed by atoms with van der Waals surface area (Å²) in [6.07, 6.45) is 3.53. The fourth-order valence-corrected chi connectivity index (χ4v) is 4.28. The lowest BCUT2D eigenvalue weighted by Gasteiger charge is -2.26. The average molecular weight is 383 g/mol. The highest BCUT2D eigenvalue weighted by molar-refractivity contribution is 5.94. The highest BCUT2D eigenvalue weighted by Gasteiger charge is 2.47. The molecule has 1 N–H and O–H groups in total. The van der Waals surface area contributed by atoms with Crippen LogP contribution in [0, 0.1) is 0 Å². The summed E-state index contributed by atoms with van der Waals surface area (Å²) in [5.41, 5.74) is 4.41. The first-order chi connectivity index (χ1) is 13.5. The van der Waals surface area contributed by atoms with E-state index in [1.807, 2.05) is 24.0 Å². The van der Waals surface area contributed by atoms with E-state index in [1.165, 1.54) is 12.5 Å². The van der Waals surface area contributed by atoms with Gasteiger partial charge in [-0.25, -0.2) is 4.79 Å². The van der Waals surface area contributed by atoms with Gasteiger partial charge in [-0.05, 0) is 41.7 Å². The maximum atomic E-state index is 12.3. The van der Waals surface area contributed by atoms with Gasteiger partial charge in [0.25, 0.3) is 0 Å². The summed E-state index contributed by atoms with van der Waals surface area (Å²) >= 11 is 0. The summed E-state index contributed by atoms with van der Waals surface area (Å²) in [7, 11) is 0. The van der Waals surface area contributed by atoms with Crippen molar-refractivity contribution in [2.45, 2.75) is 45.3 Å². The maximum absolute atomic E-state index is 12.3. The summed E-state index contributed by atoms with van der Waals surface area (Å²) in [5.74, 6) is 0.0562. The molecular weight excluding hydrogens is 358 g/mol. The smallest absolute Gasteiger partial charge is 0.415 e. The number of carbonyl (C=O) groups excluding carboxylic acids is 3. The SMILES string of the molecule is CCC(=O)N1CC=C(c2ccc3c(c2)C[C@H]2[C@H](CNC(C)=O)OC(=O)N32)CC1. The van der Waals surface area contributed by atoms with E-state index in [0.29, 0.717) is 25.9 Å². The number of cyclic esters (lactones) is 1. The van der Waals surface area contributed by atoms with Gasteiger partial charge < -0.3 is 15.0 Å². The largest absolute Gasteiger partial charge is 0.442 e.